The van der Waals surface area contributed by atoms with Gasteiger partial charge in [-0.2, -0.15) is 18.1 Å². The van der Waals surface area contributed by atoms with E-state index in [1.54, 1.807) is 6.07 Å². The summed E-state index contributed by atoms with van der Waals surface area (Å²) in [6.45, 7) is 3.33. The van der Waals surface area contributed by atoms with Crippen LogP contribution in [0, 0.1) is 0 Å². The molecule has 2 rings (SSSR count). The van der Waals surface area contributed by atoms with Crippen molar-refractivity contribution in [1.82, 2.24) is 4.90 Å². The third kappa shape index (κ3) is 5.58. The molecule has 0 amide bonds. The van der Waals surface area contributed by atoms with Gasteiger partial charge in [-0.1, -0.05) is 12.5 Å². The Hall–Kier alpha value is -1.23. The smallest absolute Gasteiger partial charge is 0.416 e. The van der Waals surface area contributed by atoms with Gasteiger partial charge in [-0.15, -0.1) is 0 Å². The van der Waals surface area contributed by atoms with Crippen molar-refractivity contribution >= 4 is 0 Å². The van der Waals surface area contributed by atoms with Gasteiger partial charge in [-0.3, -0.25) is 0 Å². The van der Waals surface area contributed by atoms with Gasteiger partial charge in [0.05, 0.1) is 5.56 Å². The molecule has 0 spiro atoms. The molecule has 1 heterocycles. The Morgan fingerprint density at radius 2 is 1.67 bits per heavy atom. The molecule has 1 aromatic carbocycles. The summed E-state index contributed by atoms with van der Waals surface area (Å²) in [6.07, 6.45) is 1.93. The summed E-state index contributed by atoms with van der Waals surface area (Å²) < 4.78 is 43.3. The van der Waals surface area contributed by atoms with Crippen LogP contribution in [0.3, 0.4) is 0 Å². The lowest BCUT2D eigenvalue weighted by Gasteiger charge is -2.16. The Labute approximate surface area is 123 Å². The fourth-order valence-corrected chi connectivity index (χ4v) is 2.59. The van der Waals surface area contributed by atoms with Crippen molar-refractivity contribution in [1.29, 1.82) is 0 Å². The quantitative estimate of drug-likeness (QED) is 0.761. The second kappa shape index (κ2) is 7.69. The molecule has 0 aromatic heterocycles. The molecule has 0 saturated carbocycles. The van der Waals surface area contributed by atoms with Crippen LogP contribution in [0.15, 0.2) is 24.3 Å². The number of benzene rings is 1. The van der Waals surface area contributed by atoms with E-state index in [2.05, 4.69) is 4.90 Å². The van der Waals surface area contributed by atoms with Gasteiger partial charge in [0.15, 0.2) is 6.54 Å². The van der Waals surface area contributed by atoms with Gasteiger partial charge in [0.25, 0.3) is 0 Å². The second-order valence-electron chi connectivity index (χ2n) is 5.48. The maximum Gasteiger partial charge on any atom is 0.416 e. The molecule has 1 radical (unpaired) electrons. The SMILES string of the molecule is FC(F)(F)c1cccc(OCC[N+]2CCCCCCC2)c1. The Morgan fingerprint density at radius 3 is 2.33 bits per heavy atom. The number of halogens is 3. The highest BCUT2D eigenvalue weighted by Crippen LogP contribution is 2.31. The van der Waals surface area contributed by atoms with Gasteiger partial charge in [0, 0.05) is 12.8 Å². The van der Waals surface area contributed by atoms with E-state index in [0.717, 1.165) is 31.8 Å². The lowest BCUT2D eigenvalue weighted by Crippen LogP contribution is -2.37. The molecule has 0 bridgehead atoms. The molecule has 117 valence electrons. The van der Waals surface area contributed by atoms with E-state index < -0.39 is 11.7 Å². The Bertz CT molecular complexity index is 426. The summed E-state index contributed by atoms with van der Waals surface area (Å²) in [4.78, 5) is 2.34. The molecule has 0 atom stereocenters. The Kier molecular flexibility index (Phi) is 5.91. The predicted octanol–water partition coefficient (Wildman–Crippen LogP) is 4.19. The average Bonchev–Trinajstić information content (AvgIpc) is 2.40. The summed E-state index contributed by atoms with van der Waals surface area (Å²) >= 11 is 0. The first-order valence-corrected chi connectivity index (χ1v) is 7.58. The monoisotopic (exact) mass is 301 g/mol. The molecule has 1 aliphatic rings. The first-order valence-electron chi connectivity index (χ1n) is 7.58. The highest BCUT2D eigenvalue weighted by Gasteiger charge is 2.30. The minimum Gasteiger partial charge on any atom is -0.488 e. The van der Waals surface area contributed by atoms with Gasteiger partial charge in [0.1, 0.15) is 25.4 Å². The zero-order valence-electron chi connectivity index (χ0n) is 12.2. The van der Waals surface area contributed by atoms with E-state index in [9.17, 15) is 13.2 Å². The lowest BCUT2D eigenvalue weighted by molar-refractivity contribution is -0.137. The number of likely N-dealkylation sites (tertiary alicyclic amines) is 1. The Balaban J connectivity index is 1.80. The molecule has 0 aliphatic carbocycles. The third-order valence-corrected chi connectivity index (χ3v) is 3.79. The van der Waals surface area contributed by atoms with Crippen LogP contribution in [0.25, 0.3) is 0 Å². The van der Waals surface area contributed by atoms with Gasteiger partial charge in [0.2, 0.25) is 0 Å². The van der Waals surface area contributed by atoms with Crippen LogP contribution in [0.4, 0.5) is 13.2 Å². The summed E-state index contributed by atoms with van der Waals surface area (Å²) in [7, 11) is 0. The summed E-state index contributed by atoms with van der Waals surface area (Å²) in [6, 6.07) is 5.08. The maximum atomic E-state index is 12.6. The van der Waals surface area contributed by atoms with Crippen molar-refractivity contribution in [3.63, 3.8) is 0 Å². The number of hydrogen-bond donors (Lipinski definition) is 0. The summed E-state index contributed by atoms with van der Waals surface area (Å²) in [5.41, 5.74) is -0.661. The zero-order chi connectivity index (χ0) is 15.1. The van der Waals surface area contributed by atoms with Gasteiger partial charge in [-0.25, -0.2) is 0 Å². The van der Waals surface area contributed by atoms with Crippen LogP contribution in [-0.4, -0.2) is 26.2 Å². The molecule has 2 nitrogen and oxygen atoms in total. The van der Waals surface area contributed by atoms with Crippen molar-refractivity contribution in [2.75, 3.05) is 26.2 Å². The molecule has 1 aliphatic heterocycles. The molecular weight excluding hydrogens is 279 g/mol. The van der Waals surface area contributed by atoms with Crippen LogP contribution in [0.1, 0.15) is 37.7 Å². The van der Waals surface area contributed by atoms with Crippen molar-refractivity contribution in [3.05, 3.63) is 29.8 Å². The number of alkyl halides is 3. The van der Waals surface area contributed by atoms with E-state index in [0.29, 0.717) is 6.61 Å². The largest absolute Gasteiger partial charge is 0.488 e. The van der Waals surface area contributed by atoms with Crippen LogP contribution >= 0.6 is 0 Å². The van der Waals surface area contributed by atoms with Gasteiger partial charge < -0.3 is 4.74 Å². The standard InChI is InChI=1S/C16H22F3NO/c17-16(18,19)14-7-6-8-15(13-14)21-12-11-20-9-4-2-1-3-5-10-20/h6-8,13H,1-5,9-12H2/q+1. The summed E-state index contributed by atoms with van der Waals surface area (Å²) in [5, 5.41) is 0. The van der Waals surface area contributed by atoms with Crippen LogP contribution in [0.5, 0.6) is 5.75 Å². The molecule has 0 N–H and O–H groups in total. The lowest BCUT2D eigenvalue weighted by atomic mass is 10.1. The van der Waals surface area contributed by atoms with Crippen molar-refractivity contribution in [3.8, 4) is 5.75 Å². The van der Waals surface area contributed by atoms with Crippen molar-refractivity contribution < 1.29 is 17.9 Å². The van der Waals surface area contributed by atoms with Crippen LogP contribution in [-0.2, 0) is 6.18 Å². The van der Waals surface area contributed by atoms with E-state index in [1.165, 1.54) is 38.2 Å². The van der Waals surface area contributed by atoms with E-state index in [4.69, 9.17) is 4.74 Å². The van der Waals surface area contributed by atoms with E-state index in [-0.39, 0.29) is 5.75 Å². The molecule has 21 heavy (non-hydrogen) atoms. The highest BCUT2D eigenvalue weighted by molar-refractivity contribution is 5.30. The van der Waals surface area contributed by atoms with Crippen LogP contribution < -0.4 is 9.64 Å². The number of rotatable bonds is 4. The minimum absolute atomic E-state index is 0.289. The van der Waals surface area contributed by atoms with Gasteiger partial charge in [-0.05, 0) is 31.0 Å². The number of hydrogen-bond acceptors (Lipinski definition) is 2. The van der Waals surface area contributed by atoms with E-state index >= 15 is 0 Å². The topological polar surface area (TPSA) is 15.1 Å². The fraction of sp³-hybridized carbons (Fsp3) is 0.625. The van der Waals surface area contributed by atoms with E-state index in [1.807, 2.05) is 0 Å². The number of nitrogens with zero attached hydrogens (tertiary/aromatic N) is 1. The predicted molar refractivity (Wildman–Crippen MR) is 76.8 cm³/mol. The summed E-state index contributed by atoms with van der Waals surface area (Å²) in [5.74, 6) is 0.289. The minimum atomic E-state index is -4.32. The van der Waals surface area contributed by atoms with Crippen LogP contribution in [0.2, 0.25) is 0 Å². The number of ether oxygens (including phenoxy) is 1. The molecule has 1 aromatic rings. The second-order valence-corrected chi connectivity index (χ2v) is 5.48. The van der Waals surface area contributed by atoms with Crippen molar-refractivity contribution in [2.24, 2.45) is 0 Å². The molecule has 5 heteroatoms. The normalized spacial score (nSPS) is 18.0. The first-order chi connectivity index (χ1) is 10.1. The Morgan fingerprint density at radius 1 is 1.00 bits per heavy atom. The highest BCUT2D eigenvalue weighted by atomic mass is 19.4. The first kappa shape index (κ1) is 16.1. The molecule has 0 unspecified atom stereocenters. The fourth-order valence-electron chi connectivity index (χ4n) is 2.59. The average molecular weight is 301 g/mol. The molecule has 1 fully saturated rings. The maximum absolute atomic E-state index is 12.6. The zero-order valence-corrected chi connectivity index (χ0v) is 12.2. The van der Waals surface area contributed by atoms with Crippen molar-refractivity contribution in [2.45, 2.75) is 38.3 Å². The third-order valence-electron chi connectivity index (χ3n) is 3.79. The van der Waals surface area contributed by atoms with Gasteiger partial charge >= 0.3 is 6.18 Å². The molecule has 1 saturated heterocycles. The molecular formula is C16H22F3NO+.